The lowest BCUT2D eigenvalue weighted by Gasteiger charge is -1.75. The summed E-state index contributed by atoms with van der Waals surface area (Å²) in [5.41, 5.74) is 0. The summed E-state index contributed by atoms with van der Waals surface area (Å²) in [6.07, 6.45) is 0. The standard InChI is InChI=1S/C3H9Si.CHNS/c1-4(2)3;2-1-3/h1-3H3;2H. The van der Waals surface area contributed by atoms with Gasteiger partial charge in [0.1, 0.15) is 0 Å². The third kappa shape index (κ3) is 341000. The fourth-order valence-corrected chi connectivity index (χ4v) is 0. The number of hydrogen-bond donors (Lipinski definition) is 1. The van der Waals surface area contributed by atoms with Crippen LogP contribution in [0.2, 0.25) is 19.6 Å². The van der Waals surface area contributed by atoms with Crippen LogP contribution in [0, 0.1) is 5.41 Å². The van der Waals surface area contributed by atoms with Gasteiger partial charge in [-0.15, -0.1) is 0 Å². The first-order valence-corrected chi connectivity index (χ1v) is 5.36. The van der Waals surface area contributed by atoms with E-state index in [0.717, 1.165) is 0 Å². The van der Waals surface area contributed by atoms with Crippen molar-refractivity contribution >= 4 is 26.2 Å². The Labute approximate surface area is 51.9 Å². The van der Waals surface area contributed by atoms with Crippen LogP contribution >= 0.6 is 12.2 Å². The Morgan fingerprint density at radius 3 is 1.43 bits per heavy atom. The molecular weight excluding hydrogens is 122 g/mol. The molecule has 3 heteroatoms. The topological polar surface area (TPSA) is 23.9 Å². The molecule has 0 saturated carbocycles. The average molecular weight is 132 g/mol. The van der Waals surface area contributed by atoms with Gasteiger partial charge in [-0.05, 0) is 12.2 Å². The summed E-state index contributed by atoms with van der Waals surface area (Å²) in [4.78, 5) is 0. The van der Waals surface area contributed by atoms with E-state index in [0.29, 0.717) is 0 Å². The predicted molar refractivity (Wildman–Crippen MR) is 38.7 cm³/mol. The monoisotopic (exact) mass is 132 g/mol. The van der Waals surface area contributed by atoms with E-state index >= 15 is 0 Å². The molecule has 0 aromatic heterocycles. The van der Waals surface area contributed by atoms with Gasteiger partial charge in [0.05, 0.1) is 5.16 Å². The molecule has 1 radical (unpaired) electrons. The van der Waals surface area contributed by atoms with Crippen LogP contribution in [0.15, 0.2) is 0 Å². The van der Waals surface area contributed by atoms with Crippen molar-refractivity contribution in [3.05, 3.63) is 0 Å². The van der Waals surface area contributed by atoms with Crippen molar-refractivity contribution in [1.29, 1.82) is 5.41 Å². The fraction of sp³-hybridized carbons (Fsp3) is 0.750. The van der Waals surface area contributed by atoms with E-state index in [1.165, 1.54) is 0 Å². The van der Waals surface area contributed by atoms with Gasteiger partial charge in [0.15, 0.2) is 0 Å². The number of hydrogen-bond acceptors (Lipinski definition) is 2. The minimum atomic E-state index is 0.120. The Hall–Kier alpha value is 0.0169. The highest BCUT2D eigenvalue weighted by Gasteiger charge is 1.72. The maximum Gasteiger partial charge on any atom is 0.0554 e. The molecule has 0 aromatic rings. The number of rotatable bonds is 0. The van der Waals surface area contributed by atoms with Crippen LogP contribution < -0.4 is 0 Å². The van der Waals surface area contributed by atoms with Crippen LogP contribution in [-0.4, -0.2) is 14.0 Å². The van der Waals surface area contributed by atoms with Crippen molar-refractivity contribution in [2.75, 3.05) is 0 Å². The van der Waals surface area contributed by atoms with E-state index in [1.54, 1.807) is 5.16 Å². The minimum absolute atomic E-state index is 0.120. The van der Waals surface area contributed by atoms with Gasteiger partial charge in [0, 0.05) is 8.80 Å². The molecule has 0 fully saturated rings. The molecule has 41 valence electrons. The van der Waals surface area contributed by atoms with Gasteiger partial charge >= 0.3 is 0 Å². The molecule has 0 aliphatic carbocycles. The molecule has 0 aromatic carbocycles. The summed E-state index contributed by atoms with van der Waals surface area (Å²) in [6, 6.07) is 0. The Morgan fingerprint density at radius 2 is 1.43 bits per heavy atom. The molecule has 0 aliphatic heterocycles. The maximum absolute atomic E-state index is 5.77. The van der Waals surface area contributed by atoms with Crippen LogP contribution in [0.3, 0.4) is 0 Å². The SMILES string of the molecule is C[Si](C)C.N=C=S. The third-order valence-electron chi connectivity index (χ3n) is 0. The molecule has 0 rings (SSSR count). The Morgan fingerprint density at radius 1 is 1.43 bits per heavy atom. The molecule has 0 saturated heterocycles. The molecule has 0 aliphatic rings. The highest BCUT2D eigenvalue weighted by atomic mass is 32.1. The highest BCUT2D eigenvalue weighted by Crippen LogP contribution is 1.68. The summed E-state index contributed by atoms with van der Waals surface area (Å²) < 4.78 is 0. The van der Waals surface area contributed by atoms with E-state index < -0.39 is 0 Å². The van der Waals surface area contributed by atoms with Crippen LogP contribution in [-0.2, 0) is 0 Å². The molecule has 1 nitrogen and oxygen atoms in total. The van der Waals surface area contributed by atoms with Gasteiger partial charge in [0.2, 0.25) is 0 Å². The smallest absolute Gasteiger partial charge is 0.0554 e. The van der Waals surface area contributed by atoms with Crippen molar-refractivity contribution in [3.8, 4) is 0 Å². The lowest BCUT2D eigenvalue weighted by atomic mass is 11.8. The largest absolute Gasteiger partial charge is 0.248 e. The first kappa shape index (κ1) is 10.1. The van der Waals surface area contributed by atoms with Crippen molar-refractivity contribution < 1.29 is 0 Å². The van der Waals surface area contributed by atoms with E-state index in [4.69, 9.17) is 5.41 Å². The van der Waals surface area contributed by atoms with Crippen LogP contribution in [0.4, 0.5) is 0 Å². The van der Waals surface area contributed by atoms with Gasteiger partial charge in [-0.3, -0.25) is 0 Å². The van der Waals surface area contributed by atoms with Crippen LogP contribution in [0.1, 0.15) is 0 Å². The normalized spacial score (nSPS) is 6.29. The van der Waals surface area contributed by atoms with Crippen LogP contribution in [0.5, 0.6) is 0 Å². The number of nitrogens with one attached hydrogen (secondary N) is 1. The van der Waals surface area contributed by atoms with Crippen molar-refractivity contribution in [2.24, 2.45) is 0 Å². The van der Waals surface area contributed by atoms with E-state index in [9.17, 15) is 0 Å². The number of isothiocyanates is 1. The molecule has 0 amide bonds. The third-order valence-corrected chi connectivity index (χ3v) is 0. The van der Waals surface area contributed by atoms with E-state index in [2.05, 4.69) is 31.9 Å². The Kier molecular flexibility index (Phi) is 13.5. The van der Waals surface area contributed by atoms with Gasteiger partial charge in [-0.25, -0.2) is 5.41 Å². The second-order valence-electron chi connectivity index (χ2n) is 1.60. The van der Waals surface area contributed by atoms with Crippen molar-refractivity contribution in [1.82, 2.24) is 0 Å². The molecule has 0 heterocycles. The summed E-state index contributed by atoms with van der Waals surface area (Å²) >= 11 is 3.81. The highest BCUT2D eigenvalue weighted by molar-refractivity contribution is 7.78. The second kappa shape index (κ2) is 9.39. The summed E-state index contributed by atoms with van der Waals surface area (Å²) in [5, 5.41) is 7.36. The first-order chi connectivity index (χ1) is 3.15. The molecule has 0 bridgehead atoms. The molecule has 0 spiro atoms. The zero-order chi connectivity index (χ0) is 6.28. The maximum atomic E-state index is 5.77. The molecule has 1 N–H and O–H groups in total. The summed E-state index contributed by atoms with van der Waals surface area (Å²) in [5.74, 6) is 0. The second-order valence-corrected chi connectivity index (χ2v) is 4.81. The Bertz CT molecular complexity index is 54.0. The summed E-state index contributed by atoms with van der Waals surface area (Å²) in [6.45, 7) is 6.81. The van der Waals surface area contributed by atoms with Crippen molar-refractivity contribution in [2.45, 2.75) is 19.6 Å². The quantitative estimate of drug-likeness (QED) is 0.304. The van der Waals surface area contributed by atoms with E-state index in [-0.39, 0.29) is 8.80 Å². The lowest BCUT2D eigenvalue weighted by molar-refractivity contribution is 1.61. The van der Waals surface area contributed by atoms with Gasteiger partial charge < -0.3 is 0 Å². The minimum Gasteiger partial charge on any atom is -0.248 e. The number of thiocarbonyl (C=S) groups is 1. The van der Waals surface area contributed by atoms with E-state index in [1.807, 2.05) is 0 Å². The Balaban J connectivity index is 0. The van der Waals surface area contributed by atoms with Crippen LogP contribution in [0.25, 0.3) is 0 Å². The molecule has 7 heavy (non-hydrogen) atoms. The molecule has 0 atom stereocenters. The van der Waals surface area contributed by atoms with Crippen molar-refractivity contribution in [3.63, 3.8) is 0 Å². The molecular formula is C4H10NSSi. The van der Waals surface area contributed by atoms with Gasteiger partial charge in [-0.2, -0.15) is 0 Å². The van der Waals surface area contributed by atoms with Gasteiger partial charge in [-0.1, -0.05) is 19.6 Å². The fourth-order valence-electron chi connectivity index (χ4n) is 0. The lowest BCUT2D eigenvalue weighted by Crippen LogP contribution is -1.84. The summed E-state index contributed by atoms with van der Waals surface area (Å²) in [7, 11) is 0.120. The average Bonchev–Trinajstić information content (AvgIpc) is 1.33. The zero-order valence-corrected chi connectivity index (χ0v) is 6.72. The van der Waals surface area contributed by atoms with Gasteiger partial charge in [0.25, 0.3) is 0 Å². The predicted octanol–water partition coefficient (Wildman–Crippen LogP) is 2.04. The first-order valence-electron chi connectivity index (χ1n) is 1.95. The molecule has 0 unspecified atom stereocenters. The zero-order valence-electron chi connectivity index (χ0n) is 4.91.